The van der Waals surface area contributed by atoms with Crippen molar-refractivity contribution in [1.29, 1.82) is 0 Å². The number of benzene rings is 4. The highest BCUT2D eigenvalue weighted by molar-refractivity contribution is 7.22. The zero-order valence-corrected chi connectivity index (χ0v) is 24.3. The SMILES string of the molecule is O=C1/C(=N\Nc2nc3ccccc3s2)Cc2cc(F)ccc21.O=C1/C(=N\Nc2nc3ccccc3s2)Cc2ccc(F)cc21.[HH].[HH]. The number of nitrogens with one attached hydrogen (secondary N) is 2. The van der Waals surface area contributed by atoms with Crippen LogP contribution in [0.5, 0.6) is 0 Å². The van der Waals surface area contributed by atoms with E-state index in [1.807, 2.05) is 48.5 Å². The molecule has 2 aromatic heterocycles. The number of thiazole rings is 2. The summed E-state index contributed by atoms with van der Waals surface area (Å²) in [6.45, 7) is 0. The molecular weight excluding hydrogens is 603 g/mol. The van der Waals surface area contributed by atoms with Gasteiger partial charge in [-0.3, -0.25) is 20.4 Å². The van der Waals surface area contributed by atoms with Crippen LogP contribution in [0.4, 0.5) is 19.0 Å². The van der Waals surface area contributed by atoms with Gasteiger partial charge in [-0.25, -0.2) is 18.7 Å². The number of ketones is 2. The van der Waals surface area contributed by atoms with Crippen molar-refractivity contribution in [1.82, 2.24) is 9.97 Å². The molecule has 12 heteroatoms. The van der Waals surface area contributed by atoms with Gasteiger partial charge in [-0.1, -0.05) is 53.0 Å². The zero-order chi connectivity index (χ0) is 30.2. The number of fused-ring (bicyclic) bond motifs is 4. The first-order valence-electron chi connectivity index (χ1n) is 13.4. The lowest BCUT2D eigenvalue weighted by atomic mass is 10.1. The maximum atomic E-state index is 13.2. The molecule has 0 aliphatic heterocycles. The molecule has 2 aliphatic carbocycles. The number of nitrogens with zero attached hydrogens (tertiary/aromatic N) is 4. The summed E-state index contributed by atoms with van der Waals surface area (Å²) < 4.78 is 28.5. The number of carbonyl (C=O) groups is 2. The topological polar surface area (TPSA) is 109 Å². The molecule has 0 atom stereocenters. The van der Waals surface area contributed by atoms with Gasteiger partial charge in [0.2, 0.25) is 21.8 Å². The molecule has 8 rings (SSSR count). The molecular formula is C32H24F2N6O2S2. The number of carbonyl (C=O) groups excluding carboxylic acids is 2. The van der Waals surface area contributed by atoms with Crippen LogP contribution in [-0.2, 0) is 12.8 Å². The Hall–Kier alpha value is -5.20. The number of para-hydroxylation sites is 2. The molecule has 0 amide bonds. The zero-order valence-electron chi connectivity index (χ0n) is 22.7. The van der Waals surface area contributed by atoms with E-state index in [0.29, 0.717) is 51.2 Å². The first kappa shape index (κ1) is 27.6. The number of halogens is 2. The minimum absolute atomic E-state index is 0. The normalized spacial score (nSPS) is 15.5. The van der Waals surface area contributed by atoms with E-state index in [0.717, 1.165) is 26.0 Å². The van der Waals surface area contributed by atoms with Gasteiger partial charge in [0.25, 0.3) is 0 Å². The summed E-state index contributed by atoms with van der Waals surface area (Å²) in [6.07, 6.45) is 0.746. The molecule has 220 valence electrons. The number of anilines is 2. The standard InChI is InChI=1S/2C16H10FN3OS.2H2/c17-10-5-6-11-9(7-10)8-13(15(11)21)19-20-16-18-12-3-1-2-4-14(12)22-16;17-10-6-5-9-7-13(15(21)11(9)8-10)19-20-16-18-12-3-1-2-4-14(12)22-16;;/h1-7H,8H2,(H,18,20);1-6,8H,7H2,(H,18,20);2*1H/b2*19-13-;;. The molecule has 2 N–H and O–H groups in total. The smallest absolute Gasteiger partial charge is 0.209 e. The van der Waals surface area contributed by atoms with E-state index in [9.17, 15) is 18.4 Å². The molecule has 4 aromatic carbocycles. The van der Waals surface area contributed by atoms with Gasteiger partial charge in [-0.05, 0) is 65.7 Å². The molecule has 0 fully saturated rings. The third-order valence-electron chi connectivity index (χ3n) is 7.03. The van der Waals surface area contributed by atoms with Crippen LogP contribution in [0.2, 0.25) is 0 Å². The third kappa shape index (κ3) is 5.48. The van der Waals surface area contributed by atoms with Crippen molar-refractivity contribution in [2.75, 3.05) is 10.9 Å². The Morgan fingerprint density at radius 1 is 0.636 bits per heavy atom. The highest BCUT2D eigenvalue weighted by Gasteiger charge is 2.28. The Kier molecular flexibility index (Phi) is 7.20. The van der Waals surface area contributed by atoms with Crippen molar-refractivity contribution in [3.63, 3.8) is 0 Å². The lowest BCUT2D eigenvalue weighted by molar-refractivity contribution is 0.106. The molecule has 0 unspecified atom stereocenters. The summed E-state index contributed by atoms with van der Waals surface area (Å²) >= 11 is 2.94. The molecule has 0 radical (unpaired) electrons. The van der Waals surface area contributed by atoms with Gasteiger partial charge in [0.05, 0.1) is 20.4 Å². The number of rotatable bonds is 4. The van der Waals surface area contributed by atoms with Crippen LogP contribution in [0, 0.1) is 11.6 Å². The summed E-state index contributed by atoms with van der Waals surface area (Å²) in [5, 5.41) is 9.57. The van der Waals surface area contributed by atoms with Crippen molar-refractivity contribution >= 4 is 76.4 Å². The van der Waals surface area contributed by atoms with Crippen molar-refractivity contribution in [2.24, 2.45) is 10.2 Å². The summed E-state index contributed by atoms with van der Waals surface area (Å²) in [4.78, 5) is 33.2. The molecule has 2 heterocycles. The minimum Gasteiger partial charge on any atom is -0.287 e. The highest BCUT2D eigenvalue weighted by atomic mass is 32.1. The lowest BCUT2D eigenvalue weighted by Gasteiger charge is -1.95. The van der Waals surface area contributed by atoms with Gasteiger partial charge in [0, 0.05) is 26.8 Å². The van der Waals surface area contributed by atoms with Crippen molar-refractivity contribution in [3.05, 3.63) is 119 Å². The van der Waals surface area contributed by atoms with Crippen LogP contribution in [0.3, 0.4) is 0 Å². The third-order valence-corrected chi connectivity index (χ3v) is 8.91. The van der Waals surface area contributed by atoms with Crippen molar-refractivity contribution < 1.29 is 21.2 Å². The second-order valence-electron chi connectivity index (χ2n) is 9.93. The molecule has 0 saturated heterocycles. The van der Waals surface area contributed by atoms with Gasteiger partial charge in [0.15, 0.2) is 0 Å². The fourth-order valence-corrected chi connectivity index (χ4v) is 6.54. The Labute approximate surface area is 259 Å². The van der Waals surface area contributed by atoms with E-state index in [1.54, 1.807) is 6.07 Å². The van der Waals surface area contributed by atoms with E-state index < -0.39 is 5.82 Å². The van der Waals surface area contributed by atoms with Gasteiger partial charge in [-0.2, -0.15) is 10.2 Å². The molecule has 0 bridgehead atoms. The summed E-state index contributed by atoms with van der Waals surface area (Å²) in [6, 6.07) is 24.0. The van der Waals surface area contributed by atoms with Crippen LogP contribution < -0.4 is 10.9 Å². The number of hydrazone groups is 2. The Balaban J connectivity index is 0.000000174. The highest BCUT2D eigenvalue weighted by Crippen LogP contribution is 2.28. The predicted molar refractivity (Wildman–Crippen MR) is 174 cm³/mol. The average molecular weight is 627 g/mol. The number of hydrogen-bond donors (Lipinski definition) is 2. The molecule has 0 spiro atoms. The van der Waals surface area contributed by atoms with E-state index in [4.69, 9.17) is 0 Å². The maximum absolute atomic E-state index is 13.2. The summed E-state index contributed by atoms with van der Waals surface area (Å²) in [5.41, 5.74) is 10.6. The van der Waals surface area contributed by atoms with Crippen LogP contribution in [0.15, 0.2) is 95.1 Å². The van der Waals surface area contributed by atoms with Gasteiger partial charge >= 0.3 is 0 Å². The van der Waals surface area contributed by atoms with E-state index in [1.165, 1.54) is 53.0 Å². The average Bonchev–Trinajstić information content (AvgIpc) is 3.78. The van der Waals surface area contributed by atoms with Crippen LogP contribution in [0.25, 0.3) is 20.4 Å². The second-order valence-corrected chi connectivity index (χ2v) is 12.0. The molecule has 44 heavy (non-hydrogen) atoms. The monoisotopic (exact) mass is 626 g/mol. The van der Waals surface area contributed by atoms with Gasteiger partial charge in [-0.15, -0.1) is 0 Å². The Bertz CT molecular complexity index is 2040. The molecule has 0 saturated carbocycles. The quantitative estimate of drug-likeness (QED) is 0.194. The van der Waals surface area contributed by atoms with E-state index in [-0.39, 0.29) is 20.2 Å². The second kappa shape index (κ2) is 11.5. The Morgan fingerprint density at radius 2 is 1.16 bits per heavy atom. The van der Waals surface area contributed by atoms with Crippen LogP contribution >= 0.6 is 22.7 Å². The number of aromatic nitrogens is 2. The fraction of sp³-hybridized carbons (Fsp3) is 0.0625. The van der Waals surface area contributed by atoms with Crippen molar-refractivity contribution in [3.8, 4) is 0 Å². The minimum atomic E-state index is -0.410. The van der Waals surface area contributed by atoms with Gasteiger partial charge in [0.1, 0.15) is 23.1 Å². The molecule has 6 aromatic rings. The maximum Gasteiger partial charge on any atom is 0.209 e. The number of Topliss-reactive ketones (excluding diaryl/α,β-unsaturated/α-hetero) is 2. The predicted octanol–water partition coefficient (Wildman–Crippen LogP) is 7.78. The summed E-state index contributed by atoms with van der Waals surface area (Å²) in [5.74, 6) is -1.15. The van der Waals surface area contributed by atoms with E-state index in [2.05, 4.69) is 31.0 Å². The largest absolute Gasteiger partial charge is 0.287 e. The van der Waals surface area contributed by atoms with Crippen LogP contribution in [-0.4, -0.2) is 33.0 Å². The van der Waals surface area contributed by atoms with Gasteiger partial charge < -0.3 is 0 Å². The lowest BCUT2D eigenvalue weighted by Crippen LogP contribution is -2.10. The summed E-state index contributed by atoms with van der Waals surface area (Å²) in [7, 11) is 0. The first-order valence-corrected chi connectivity index (χ1v) is 15.1. The fourth-order valence-electron chi connectivity index (χ4n) is 4.93. The van der Waals surface area contributed by atoms with E-state index >= 15 is 0 Å². The first-order chi connectivity index (χ1) is 21.4. The molecule has 8 nitrogen and oxygen atoms in total. The Morgan fingerprint density at radius 3 is 1.77 bits per heavy atom. The number of hydrogen-bond acceptors (Lipinski definition) is 10. The van der Waals surface area contributed by atoms with Crippen molar-refractivity contribution in [2.45, 2.75) is 12.8 Å². The molecule has 2 aliphatic rings. The van der Waals surface area contributed by atoms with Crippen LogP contribution in [0.1, 0.15) is 34.7 Å².